The number of non-ortho nitro benzene ring substituents is 1. The molecule has 0 fully saturated rings. The van der Waals surface area contributed by atoms with Crippen LogP contribution in [0.2, 0.25) is 0 Å². The van der Waals surface area contributed by atoms with E-state index in [1.807, 2.05) is 0 Å². The van der Waals surface area contributed by atoms with Gasteiger partial charge in [-0.25, -0.2) is 13.1 Å². The van der Waals surface area contributed by atoms with Crippen molar-refractivity contribution in [2.75, 3.05) is 25.6 Å². The van der Waals surface area contributed by atoms with Crippen LogP contribution in [0.3, 0.4) is 0 Å². The summed E-state index contributed by atoms with van der Waals surface area (Å²) in [6, 6.07) is 6.95. The Hall–Kier alpha value is -3.42. The van der Waals surface area contributed by atoms with E-state index < -0.39 is 37.2 Å². The lowest BCUT2D eigenvalue weighted by atomic mass is 10.0. The lowest BCUT2D eigenvalue weighted by Crippen LogP contribution is -2.25. The van der Waals surface area contributed by atoms with Crippen LogP contribution >= 0.6 is 0 Å². The maximum atomic E-state index is 12.6. The number of hydrogen-bond donors (Lipinski definition) is 2. The molecule has 2 N–H and O–H groups in total. The highest BCUT2D eigenvalue weighted by Crippen LogP contribution is 2.28. The number of carbonyl (C=O) groups is 1. The molecule has 31 heavy (non-hydrogen) atoms. The number of nitrogens with one attached hydrogen (secondary N) is 2. The predicted octanol–water partition coefficient (Wildman–Crippen LogP) is 2.38. The number of methoxy groups -OCH3 is 1. The first-order valence-electron chi connectivity index (χ1n) is 8.90. The second-order valence-electron chi connectivity index (χ2n) is 6.37. The zero-order chi connectivity index (χ0) is 23.2. The number of carbonyl (C=O) groups excluding carboxylic acids is 1. The minimum Gasteiger partial charge on any atom is -0.385 e. The van der Waals surface area contributed by atoms with Crippen LogP contribution in [0.25, 0.3) is 0 Å². The summed E-state index contributed by atoms with van der Waals surface area (Å²) >= 11 is 0. The summed E-state index contributed by atoms with van der Waals surface area (Å²) in [4.78, 5) is 33.1. The van der Waals surface area contributed by atoms with Gasteiger partial charge in [0.25, 0.3) is 17.3 Å². The Labute approximate surface area is 177 Å². The highest BCUT2D eigenvalue weighted by Gasteiger charge is 2.25. The van der Waals surface area contributed by atoms with Gasteiger partial charge in [0.2, 0.25) is 10.0 Å². The minimum absolute atomic E-state index is 0.0231. The zero-order valence-electron chi connectivity index (χ0n) is 16.7. The third-order valence-corrected chi connectivity index (χ3v) is 5.73. The molecule has 0 aliphatic heterocycles. The molecule has 0 aliphatic carbocycles. The number of hydrogen-bond acceptors (Lipinski definition) is 8. The molecule has 0 atom stereocenters. The summed E-state index contributed by atoms with van der Waals surface area (Å²) in [5, 5.41) is 24.7. The van der Waals surface area contributed by atoms with E-state index in [0.717, 1.165) is 12.1 Å². The molecule has 0 aliphatic rings. The average Bonchev–Trinajstić information content (AvgIpc) is 2.71. The Bertz CT molecular complexity index is 1100. The van der Waals surface area contributed by atoms with Crippen LogP contribution in [0.1, 0.15) is 22.3 Å². The van der Waals surface area contributed by atoms with Crippen molar-refractivity contribution in [3.05, 3.63) is 67.8 Å². The van der Waals surface area contributed by atoms with E-state index in [1.165, 1.54) is 38.3 Å². The standard InChI is InChI=1S/C18H20N4O8S/c1-12-16(10-14(21(24)25)11-17(12)22(26)27)18(23)20-13-4-6-15(7-5-13)31(28,29)19-8-3-9-30-2/h4-7,10-11,19H,3,8-9H2,1-2H3,(H,20,23). The van der Waals surface area contributed by atoms with Gasteiger partial charge >= 0.3 is 0 Å². The van der Waals surface area contributed by atoms with Crippen molar-refractivity contribution in [3.8, 4) is 0 Å². The van der Waals surface area contributed by atoms with Gasteiger partial charge in [0, 0.05) is 37.6 Å². The number of ether oxygens (including phenoxy) is 1. The Balaban J connectivity index is 2.21. The number of rotatable bonds is 10. The fourth-order valence-corrected chi connectivity index (χ4v) is 3.71. The van der Waals surface area contributed by atoms with Crippen LogP contribution in [0.4, 0.5) is 17.1 Å². The molecule has 0 bridgehead atoms. The molecular weight excluding hydrogens is 432 g/mol. The van der Waals surface area contributed by atoms with Crippen LogP contribution < -0.4 is 10.0 Å². The molecule has 2 rings (SSSR count). The first kappa shape index (κ1) is 23.9. The average molecular weight is 452 g/mol. The molecular formula is C18H20N4O8S. The second kappa shape index (κ2) is 10.1. The van der Waals surface area contributed by atoms with Crippen molar-refractivity contribution in [1.82, 2.24) is 4.72 Å². The first-order chi connectivity index (χ1) is 14.6. The maximum Gasteiger partial charge on any atom is 0.279 e. The number of anilines is 1. The van der Waals surface area contributed by atoms with E-state index in [-0.39, 0.29) is 28.3 Å². The number of nitro benzene ring substituents is 2. The molecule has 166 valence electrons. The largest absolute Gasteiger partial charge is 0.385 e. The normalized spacial score (nSPS) is 11.2. The van der Waals surface area contributed by atoms with Crippen molar-refractivity contribution in [3.63, 3.8) is 0 Å². The van der Waals surface area contributed by atoms with E-state index in [0.29, 0.717) is 13.0 Å². The summed E-state index contributed by atoms with van der Waals surface area (Å²) in [5.74, 6) is -0.808. The van der Waals surface area contributed by atoms with Gasteiger partial charge in [0.1, 0.15) is 0 Å². The molecule has 13 heteroatoms. The fourth-order valence-electron chi connectivity index (χ4n) is 2.64. The number of benzene rings is 2. The van der Waals surface area contributed by atoms with E-state index in [4.69, 9.17) is 4.74 Å². The lowest BCUT2D eigenvalue weighted by Gasteiger charge is -2.10. The lowest BCUT2D eigenvalue weighted by molar-refractivity contribution is -0.394. The van der Waals surface area contributed by atoms with Crippen LogP contribution in [-0.2, 0) is 14.8 Å². The summed E-state index contributed by atoms with van der Waals surface area (Å²) in [5.41, 5.74) is -1.22. The number of nitrogens with zero attached hydrogens (tertiary/aromatic N) is 2. The van der Waals surface area contributed by atoms with Gasteiger partial charge in [-0.3, -0.25) is 25.0 Å². The fraction of sp³-hybridized carbons (Fsp3) is 0.278. The molecule has 0 heterocycles. The summed E-state index contributed by atoms with van der Waals surface area (Å²) in [6.45, 7) is 1.91. The van der Waals surface area contributed by atoms with Crippen LogP contribution in [0, 0.1) is 27.2 Å². The van der Waals surface area contributed by atoms with Crippen LogP contribution in [0.15, 0.2) is 41.3 Å². The molecule has 0 unspecified atom stereocenters. The zero-order valence-corrected chi connectivity index (χ0v) is 17.5. The number of nitro groups is 2. The summed E-state index contributed by atoms with van der Waals surface area (Å²) in [7, 11) is -2.23. The third-order valence-electron chi connectivity index (χ3n) is 4.26. The molecule has 0 saturated carbocycles. The summed E-state index contributed by atoms with van der Waals surface area (Å²) < 4.78 is 31.7. The SMILES string of the molecule is COCCCNS(=O)(=O)c1ccc(NC(=O)c2cc([N+](=O)[O-])cc([N+](=O)[O-])c2C)cc1. The van der Waals surface area contributed by atoms with E-state index in [9.17, 15) is 33.4 Å². The van der Waals surface area contributed by atoms with Gasteiger partial charge in [-0.1, -0.05) is 0 Å². The minimum atomic E-state index is -3.74. The Morgan fingerprint density at radius 1 is 1.10 bits per heavy atom. The monoisotopic (exact) mass is 452 g/mol. The Morgan fingerprint density at radius 3 is 2.29 bits per heavy atom. The highest BCUT2D eigenvalue weighted by atomic mass is 32.2. The van der Waals surface area contributed by atoms with Gasteiger partial charge in [-0.15, -0.1) is 0 Å². The van der Waals surface area contributed by atoms with Crippen molar-refractivity contribution < 1.29 is 27.8 Å². The van der Waals surface area contributed by atoms with Crippen molar-refractivity contribution in [1.29, 1.82) is 0 Å². The molecule has 1 amide bonds. The molecule has 2 aromatic carbocycles. The smallest absolute Gasteiger partial charge is 0.279 e. The quantitative estimate of drug-likeness (QED) is 0.314. The molecule has 0 aromatic heterocycles. The number of sulfonamides is 1. The van der Waals surface area contributed by atoms with Gasteiger partial charge in [-0.2, -0.15) is 0 Å². The molecule has 0 spiro atoms. The van der Waals surface area contributed by atoms with Crippen molar-refractivity contribution >= 4 is 33.0 Å². The molecule has 12 nitrogen and oxygen atoms in total. The maximum absolute atomic E-state index is 12.6. The topological polar surface area (TPSA) is 171 Å². The van der Waals surface area contributed by atoms with Crippen molar-refractivity contribution in [2.45, 2.75) is 18.2 Å². The molecule has 0 saturated heterocycles. The second-order valence-corrected chi connectivity index (χ2v) is 8.14. The predicted molar refractivity (Wildman–Crippen MR) is 111 cm³/mol. The van der Waals surface area contributed by atoms with Gasteiger partial charge in [0.15, 0.2) is 0 Å². The van der Waals surface area contributed by atoms with Gasteiger partial charge < -0.3 is 10.1 Å². The van der Waals surface area contributed by atoms with E-state index in [1.54, 1.807) is 0 Å². The summed E-state index contributed by atoms with van der Waals surface area (Å²) in [6.07, 6.45) is 0.499. The molecule has 2 aromatic rings. The Kier molecular flexibility index (Phi) is 7.74. The first-order valence-corrected chi connectivity index (χ1v) is 10.4. The van der Waals surface area contributed by atoms with Crippen LogP contribution in [0.5, 0.6) is 0 Å². The van der Waals surface area contributed by atoms with Crippen LogP contribution in [-0.4, -0.2) is 44.4 Å². The van der Waals surface area contributed by atoms with Crippen molar-refractivity contribution in [2.24, 2.45) is 0 Å². The molecule has 0 radical (unpaired) electrons. The van der Waals surface area contributed by atoms with Gasteiger partial charge in [0.05, 0.1) is 26.4 Å². The highest BCUT2D eigenvalue weighted by molar-refractivity contribution is 7.89. The van der Waals surface area contributed by atoms with E-state index in [2.05, 4.69) is 10.0 Å². The van der Waals surface area contributed by atoms with Gasteiger partial charge in [-0.05, 0) is 37.6 Å². The van der Waals surface area contributed by atoms with E-state index >= 15 is 0 Å². The Morgan fingerprint density at radius 2 is 1.74 bits per heavy atom. The number of amides is 1. The third kappa shape index (κ3) is 6.04.